The fraction of sp³-hybridized carbons (Fsp3) is 0.875. The van der Waals surface area contributed by atoms with Crippen LogP contribution in [-0.2, 0) is 0 Å². The van der Waals surface area contributed by atoms with E-state index in [1.54, 1.807) is 0 Å². The lowest BCUT2D eigenvalue weighted by Gasteiger charge is -2.22. The van der Waals surface area contributed by atoms with Crippen LogP contribution in [0.5, 0.6) is 0 Å². The highest BCUT2D eigenvalue weighted by Crippen LogP contribution is 2.20. The first-order valence-electron chi connectivity index (χ1n) is 4.03. The van der Waals surface area contributed by atoms with Gasteiger partial charge in [0.05, 0.1) is 0 Å². The Bertz CT molecular complexity index is 145. The van der Waals surface area contributed by atoms with Crippen molar-refractivity contribution in [3.05, 3.63) is 0 Å². The molecule has 1 aliphatic rings. The summed E-state index contributed by atoms with van der Waals surface area (Å²) >= 11 is 0. The van der Waals surface area contributed by atoms with Gasteiger partial charge >= 0.3 is 0 Å². The molecule has 0 aromatic carbocycles. The first kappa shape index (κ1) is 7.73. The monoisotopic (exact) mass is 140 g/mol. The van der Waals surface area contributed by atoms with E-state index in [9.17, 15) is 0 Å². The van der Waals surface area contributed by atoms with Gasteiger partial charge in [0.1, 0.15) is 5.66 Å². The van der Waals surface area contributed by atoms with Crippen LogP contribution in [0, 0.1) is 0 Å². The minimum atomic E-state index is 0.0874. The topological polar surface area (TPSA) is 24.4 Å². The number of hydrogen-bond donors (Lipinski definition) is 1. The van der Waals surface area contributed by atoms with Crippen molar-refractivity contribution in [2.24, 2.45) is 4.99 Å². The molecule has 0 spiro atoms. The molecule has 0 fully saturated rings. The summed E-state index contributed by atoms with van der Waals surface area (Å²) in [5.74, 6) is 0. The first-order valence-corrected chi connectivity index (χ1v) is 4.03. The summed E-state index contributed by atoms with van der Waals surface area (Å²) in [6.07, 6.45) is 2.20. The van der Waals surface area contributed by atoms with Crippen molar-refractivity contribution in [2.45, 2.75) is 39.3 Å². The zero-order valence-electron chi connectivity index (χ0n) is 7.07. The van der Waals surface area contributed by atoms with Crippen LogP contribution in [0.1, 0.15) is 33.6 Å². The Labute approximate surface area is 62.7 Å². The maximum Gasteiger partial charge on any atom is 0.110 e. The van der Waals surface area contributed by atoms with E-state index in [0.29, 0.717) is 0 Å². The number of nitrogens with one attached hydrogen (secondary N) is 1. The van der Waals surface area contributed by atoms with Crippen molar-refractivity contribution in [3.8, 4) is 0 Å². The van der Waals surface area contributed by atoms with Gasteiger partial charge in [0.2, 0.25) is 0 Å². The van der Waals surface area contributed by atoms with Gasteiger partial charge in [-0.05, 0) is 19.8 Å². The zero-order valence-corrected chi connectivity index (χ0v) is 7.07. The molecular formula is C8H16N2. The van der Waals surface area contributed by atoms with Crippen LogP contribution in [-0.4, -0.2) is 17.9 Å². The second-order valence-electron chi connectivity index (χ2n) is 2.94. The fourth-order valence-electron chi connectivity index (χ4n) is 1.39. The molecule has 2 heteroatoms. The molecule has 1 rings (SSSR count). The molecule has 10 heavy (non-hydrogen) atoms. The molecule has 2 nitrogen and oxygen atoms in total. The lowest BCUT2D eigenvalue weighted by molar-refractivity contribution is 0.353. The van der Waals surface area contributed by atoms with Gasteiger partial charge in [-0.3, -0.25) is 10.3 Å². The molecule has 0 saturated carbocycles. The summed E-state index contributed by atoms with van der Waals surface area (Å²) in [6, 6.07) is 0. The highest BCUT2D eigenvalue weighted by atomic mass is 15.2. The Morgan fingerprint density at radius 3 is 2.30 bits per heavy atom. The molecule has 1 aliphatic heterocycles. The normalized spacial score (nSPS) is 22.9. The molecule has 1 heterocycles. The second-order valence-corrected chi connectivity index (χ2v) is 2.94. The van der Waals surface area contributed by atoms with Gasteiger partial charge in [-0.25, -0.2) is 0 Å². The van der Waals surface area contributed by atoms with Crippen molar-refractivity contribution < 1.29 is 0 Å². The van der Waals surface area contributed by atoms with Gasteiger partial charge in [-0.2, -0.15) is 0 Å². The third-order valence-corrected chi connectivity index (χ3v) is 2.25. The van der Waals surface area contributed by atoms with E-state index in [1.165, 1.54) is 5.71 Å². The van der Waals surface area contributed by atoms with Crippen molar-refractivity contribution in [2.75, 3.05) is 6.54 Å². The maximum atomic E-state index is 4.56. The predicted molar refractivity (Wildman–Crippen MR) is 44.4 cm³/mol. The van der Waals surface area contributed by atoms with Gasteiger partial charge in [0, 0.05) is 12.3 Å². The molecule has 0 aromatic rings. The number of nitrogens with zero attached hydrogens (tertiary/aromatic N) is 1. The van der Waals surface area contributed by atoms with E-state index in [0.717, 1.165) is 19.4 Å². The predicted octanol–water partition coefficient (Wildman–Crippen LogP) is 1.57. The van der Waals surface area contributed by atoms with Crippen LogP contribution in [0.2, 0.25) is 0 Å². The standard InChI is InChI=1S/C8H16N2/c1-4-8(5-2)9-6-7(3)10-8/h9H,4-6H2,1-3H3. The molecule has 0 unspecified atom stereocenters. The molecule has 0 radical (unpaired) electrons. The molecule has 0 amide bonds. The molecule has 1 N–H and O–H groups in total. The third-order valence-electron chi connectivity index (χ3n) is 2.25. The van der Waals surface area contributed by atoms with Gasteiger partial charge in [-0.1, -0.05) is 13.8 Å². The summed E-state index contributed by atoms with van der Waals surface area (Å²) in [6.45, 7) is 7.42. The molecule has 0 saturated heterocycles. The summed E-state index contributed by atoms with van der Waals surface area (Å²) in [7, 11) is 0. The van der Waals surface area contributed by atoms with Crippen LogP contribution in [0.25, 0.3) is 0 Å². The molecule has 0 atom stereocenters. The average Bonchev–Trinajstić information content (AvgIpc) is 2.33. The minimum absolute atomic E-state index is 0.0874. The van der Waals surface area contributed by atoms with Gasteiger partial charge in [0.25, 0.3) is 0 Å². The molecule has 58 valence electrons. The van der Waals surface area contributed by atoms with E-state index in [2.05, 4.69) is 31.1 Å². The zero-order chi connectivity index (χ0) is 7.61. The van der Waals surface area contributed by atoms with Crippen molar-refractivity contribution in [1.82, 2.24) is 5.32 Å². The van der Waals surface area contributed by atoms with Crippen molar-refractivity contribution in [3.63, 3.8) is 0 Å². The second kappa shape index (κ2) is 2.70. The van der Waals surface area contributed by atoms with E-state index >= 15 is 0 Å². The first-order chi connectivity index (χ1) is 4.72. The Hall–Kier alpha value is -0.370. The quantitative estimate of drug-likeness (QED) is 0.618. The number of rotatable bonds is 2. The molecule has 0 bridgehead atoms. The van der Waals surface area contributed by atoms with E-state index in [-0.39, 0.29) is 5.66 Å². The Morgan fingerprint density at radius 1 is 1.50 bits per heavy atom. The molecule has 0 aromatic heterocycles. The average molecular weight is 140 g/mol. The van der Waals surface area contributed by atoms with Crippen molar-refractivity contribution in [1.29, 1.82) is 0 Å². The van der Waals surface area contributed by atoms with E-state index in [4.69, 9.17) is 0 Å². The Balaban J connectivity index is 2.68. The lowest BCUT2D eigenvalue weighted by Crippen LogP contribution is -2.38. The maximum absolute atomic E-state index is 4.56. The van der Waals surface area contributed by atoms with Gasteiger partial charge < -0.3 is 0 Å². The van der Waals surface area contributed by atoms with Crippen LogP contribution >= 0.6 is 0 Å². The number of aliphatic imine (C=N–C) groups is 1. The lowest BCUT2D eigenvalue weighted by atomic mass is 10.1. The van der Waals surface area contributed by atoms with Crippen LogP contribution < -0.4 is 5.32 Å². The largest absolute Gasteiger partial charge is 0.288 e. The highest BCUT2D eigenvalue weighted by Gasteiger charge is 2.28. The van der Waals surface area contributed by atoms with E-state index < -0.39 is 0 Å². The number of hydrogen-bond acceptors (Lipinski definition) is 2. The highest BCUT2D eigenvalue weighted by molar-refractivity contribution is 5.86. The molecular weight excluding hydrogens is 124 g/mol. The third kappa shape index (κ3) is 1.21. The van der Waals surface area contributed by atoms with Crippen LogP contribution in [0.4, 0.5) is 0 Å². The van der Waals surface area contributed by atoms with Gasteiger partial charge in [-0.15, -0.1) is 0 Å². The smallest absolute Gasteiger partial charge is 0.110 e. The van der Waals surface area contributed by atoms with E-state index in [1.807, 2.05) is 0 Å². The van der Waals surface area contributed by atoms with Gasteiger partial charge in [0.15, 0.2) is 0 Å². The summed E-state index contributed by atoms with van der Waals surface area (Å²) in [4.78, 5) is 4.56. The summed E-state index contributed by atoms with van der Waals surface area (Å²) < 4.78 is 0. The SMILES string of the molecule is CCC1(CC)N=C(C)CN1. The Morgan fingerprint density at radius 2 is 2.10 bits per heavy atom. The fourth-order valence-corrected chi connectivity index (χ4v) is 1.39. The minimum Gasteiger partial charge on any atom is -0.288 e. The Kier molecular flexibility index (Phi) is 2.09. The summed E-state index contributed by atoms with van der Waals surface area (Å²) in [5, 5.41) is 3.42. The van der Waals surface area contributed by atoms with Crippen LogP contribution in [0.15, 0.2) is 4.99 Å². The van der Waals surface area contributed by atoms with Crippen LogP contribution in [0.3, 0.4) is 0 Å². The van der Waals surface area contributed by atoms with Crippen molar-refractivity contribution >= 4 is 5.71 Å². The summed E-state index contributed by atoms with van der Waals surface area (Å²) in [5.41, 5.74) is 1.33. The molecule has 0 aliphatic carbocycles.